The van der Waals surface area contributed by atoms with E-state index in [0.29, 0.717) is 6.61 Å². The monoisotopic (exact) mass is 678 g/mol. The van der Waals surface area contributed by atoms with Gasteiger partial charge in [-0.25, -0.2) is 0 Å². The molecule has 0 amide bonds. The molecule has 2 heterocycles. The standard InChI is InChI=1S/C51H34O2/c1-31-29-52-30-45(31)51-42-21-11-9-19-40(42)50(41-20-10-12-22-43(41)51)34-23-25-35-44-27-33(24-26-46(44)53-47(35)28-34)49-38-17-7-5-15-36(38)48(32-13-3-2-4-14-32)37-16-6-8-18-39(37)49/h2-29,45H,30H2,1H3. The van der Waals surface area contributed by atoms with Gasteiger partial charge in [0.1, 0.15) is 11.2 Å². The van der Waals surface area contributed by atoms with Crippen LogP contribution in [0.5, 0.6) is 0 Å². The van der Waals surface area contributed by atoms with Gasteiger partial charge in [0.15, 0.2) is 0 Å². The first-order valence-corrected chi connectivity index (χ1v) is 18.4. The molecule has 53 heavy (non-hydrogen) atoms. The van der Waals surface area contributed by atoms with Gasteiger partial charge in [-0.1, -0.05) is 140 Å². The van der Waals surface area contributed by atoms with Crippen LogP contribution in [0.2, 0.25) is 0 Å². The third-order valence-corrected chi connectivity index (χ3v) is 11.4. The molecule has 0 aliphatic carbocycles. The maximum absolute atomic E-state index is 6.68. The minimum Gasteiger partial charge on any atom is -0.500 e. The quantitative estimate of drug-likeness (QED) is 0.173. The van der Waals surface area contributed by atoms with Gasteiger partial charge in [-0.3, -0.25) is 0 Å². The first-order chi connectivity index (χ1) is 26.2. The molecule has 0 bridgehead atoms. The molecular formula is C51H34O2. The molecule has 0 N–H and O–H groups in total. The topological polar surface area (TPSA) is 22.4 Å². The highest BCUT2D eigenvalue weighted by molar-refractivity contribution is 6.22. The van der Waals surface area contributed by atoms with Crippen LogP contribution in [0.1, 0.15) is 18.4 Å². The van der Waals surface area contributed by atoms with E-state index in [4.69, 9.17) is 9.15 Å². The Hall–Kier alpha value is -6.64. The van der Waals surface area contributed by atoms with Crippen molar-refractivity contribution in [3.63, 3.8) is 0 Å². The summed E-state index contributed by atoms with van der Waals surface area (Å²) in [5.74, 6) is 0.231. The van der Waals surface area contributed by atoms with Crippen LogP contribution in [0.4, 0.5) is 0 Å². The second-order valence-corrected chi connectivity index (χ2v) is 14.4. The summed E-state index contributed by atoms with van der Waals surface area (Å²) in [6, 6.07) is 59.6. The summed E-state index contributed by atoms with van der Waals surface area (Å²) in [7, 11) is 0. The van der Waals surface area contributed by atoms with E-state index in [0.717, 1.165) is 27.5 Å². The van der Waals surface area contributed by atoms with Gasteiger partial charge >= 0.3 is 0 Å². The van der Waals surface area contributed by atoms with Crippen LogP contribution < -0.4 is 0 Å². The molecule has 0 radical (unpaired) electrons. The maximum atomic E-state index is 6.68. The van der Waals surface area contributed by atoms with Crippen LogP contribution in [0, 0.1) is 0 Å². The van der Waals surface area contributed by atoms with Crippen LogP contribution in [0.25, 0.3) is 98.4 Å². The van der Waals surface area contributed by atoms with Crippen molar-refractivity contribution >= 4 is 65.0 Å². The smallest absolute Gasteiger partial charge is 0.136 e. The van der Waals surface area contributed by atoms with E-state index in [1.807, 2.05) is 6.26 Å². The fourth-order valence-electron chi connectivity index (χ4n) is 9.09. The largest absolute Gasteiger partial charge is 0.500 e. The molecule has 2 nitrogen and oxygen atoms in total. The lowest BCUT2D eigenvalue weighted by molar-refractivity contribution is 0.270. The molecule has 2 heteroatoms. The third kappa shape index (κ3) is 4.52. The van der Waals surface area contributed by atoms with Crippen molar-refractivity contribution in [1.82, 2.24) is 0 Å². The van der Waals surface area contributed by atoms with E-state index in [2.05, 4.69) is 171 Å². The SMILES string of the molecule is CC1=COCC1c1c2ccccc2c(-c2ccc3c(c2)oc2ccc(-c4c5ccccc5c(-c5ccccc5)c5ccccc45)cc23)c2ccccc12. The number of rotatable bonds is 4. The van der Waals surface area contributed by atoms with Gasteiger partial charge in [0.25, 0.3) is 0 Å². The van der Waals surface area contributed by atoms with E-state index in [1.54, 1.807) is 0 Å². The Morgan fingerprint density at radius 3 is 1.42 bits per heavy atom. The van der Waals surface area contributed by atoms with Crippen LogP contribution in [-0.2, 0) is 4.74 Å². The van der Waals surface area contributed by atoms with Gasteiger partial charge in [0.2, 0.25) is 0 Å². The van der Waals surface area contributed by atoms with Crippen molar-refractivity contribution in [3.05, 3.63) is 181 Å². The normalized spacial score (nSPS) is 14.5. The Bertz CT molecular complexity index is 3010. The molecule has 9 aromatic carbocycles. The number of hydrogen-bond acceptors (Lipinski definition) is 2. The number of fused-ring (bicyclic) bond motifs is 7. The van der Waals surface area contributed by atoms with E-state index in [-0.39, 0.29) is 5.92 Å². The molecule has 1 aliphatic rings. The fraction of sp³-hybridized carbons (Fsp3) is 0.0588. The van der Waals surface area contributed by atoms with E-state index in [9.17, 15) is 0 Å². The molecule has 0 saturated heterocycles. The van der Waals surface area contributed by atoms with Gasteiger partial charge in [0, 0.05) is 16.7 Å². The van der Waals surface area contributed by atoms with Crippen molar-refractivity contribution < 1.29 is 9.15 Å². The van der Waals surface area contributed by atoms with Gasteiger partial charge < -0.3 is 9.15 Å². The molecule has 0 saturated carbocycles. The highest BCUT2D eigenvalue weighted by Crippen LogP contribution is 2.47. The zero-order chi connectivity index (χ0) is 35.0. The summed E-state index contributed by atoms with van der Waals surface area (Å²) in [4.78, 5) is 0. The first kappa shape index (κ1) is 30.0. The molecular weight excluding hydrogens is 645 g/mol. The molecule has 250 valence electrons. The number of benzene rings is 9. The van der Waals surface area contributed by atoms with Crippen molar-refractivity contribution in [1.29, 1.82) is 0 Å². The molecule has 1 unspecified atom stereocenters. The second kappa shape index (κ2) is 11.7. The summed E-state index contributed by atoms with van der Waals surface area (Å²) < 4.78 is 12.5. The number of furan rings is 1. The molecule has 11 rings (SSSR count). The zero-order valence-corrected chi connectivity index (χ0v) is 29.3. The number of hydrogen-bond donors (Lipinski definition) is 0. The molecule has 0 spiro atoms. The Morgan fingerprint density at radius 1 is 0.396 bits per heavy atom. The van der Waals surface area contributed by atoms with Crippen LogP contribution >= 0.6 is 0 Å². The summed E-state index contributed by atoms with van der Waals surface area (Å²) in [6.07, 6.45) is 1.92. The second-order valence-electron chi connectivity index (χ2n) is 14.4. The lowest BCUT2D eigenvalue weighted by Gasteiger charge is -2.21. The van der Waals surface area contributed by atoms with E-state index >= 15 is 0 Å². The summed E-state index contributed by atoms with van der Waals surface area (Å²) in [6.45, 7) is 2.86. The minimum absolute atomic E-state index is 0.231. The van der Waals surface area contributed by atoms with Crippen LogP contribution in [-0.4, -0.2) is 6.61 Å². The first-order valence-electron chi connectivity index (χ1n) is 18.4. The fourth-order valence-corrected chi connectivity index (χ4v) is 9.09. The molecule has 10 aromatic rings. The highest BCUT2D eigenvalue weighted by atomic mass is 16.5. The minimum atomic E-state index is 0.231. The Balaban J connectivity index is 1.12. The summed E-state index contributed by atoms with van der Waals surface area (Å²) in [5, 5.41) is 12.3. The van der Waals surface area contributed by atoms with Gasteiger partial charge in [-0.15, -0.1) is 0 Å². The molecule has 1 aromatic heterocycles. The van der Waals surface area contributed by atoms with Crippen molar-refractivity contribution in [3.8, 4) is 33.4 Å². The predicted octanol–water partition coefficient (Wildman–Crippen LogP) is 14.2. The zero-order valence-electron chi connectivity index (χ0n) is 29.3. The van der Waals surface area contributed by atoms with Crippen molar-refractivity contribution in [2.75, 3.05) is 6.61 Å². The van der Waals surface area contributed by atoms with Crippen LogP contribution in [0.15, 0.2) is 180 Å². The summed E-state index contributed by atoms with van der Waals surface area (Å²) in [5.41, 5.74) is 11.7. The van der Waals surface area contributed by atoms with E-state index < -0.39 is 0 Å². The average molecular weight is 679 g/mol. The van der Waals surface area contributed by atoms with Gasteiger partial charge in [-0.05, 0) is 119 Å². The molecule has 1 aliphatic heterocycles. The Morgan fingerprint density at radius 2 is 0.868 bits per heavy atom. The molecule has 0 fully saturated rings. The number of ether oxygens (including phenoxy) is 1. The third-order valence-electron chi connectivity index (χ3n) is 11.4. The molecule has 1 atom stereocenters. The Kier molecular flexibility index (Phi) is 6.63. The van der Waals surface area contributed by atoms with Crippen molar-refractivity contribution in [2.45, 2.75) is 12.8 Å². The van der Waals surface area contributed by atoms with E-state index in [1.165, 1.54) is 82.0 Å². The maximum Gasteiger partial charge on any atom is 0.136 e. The lowest BCUT2D eigenvalue weighted by atomic mass is 9.82. The lowest BCUT2D eigenvalue weighted by Crippen LogP contribution is -2.04. The van der Waals surface area contributed by atoms with Gasteiger partial charge in [0.05, 0.1) is 12.9 Å². The highest BCUT2D eigenvalue weighted by Gasteiger charge is 2.26. The van der Waals surface area contributed by atoms with Gasteiger partial charge in [-0.2, -0.15) is 0 Å². The average Bonchev–Trinajstić information content (AvgIpc) is 3.81. The Labute approximate surface area is 307 Å². The van der Waals surface area contributed by atoms with Crippen LogP contribution in [0.3, 0.4) is 0 Å². The summed E-state index contributed by atoms with van der Waals surface area (Å²) >= 11 is 0. The predicted molar refractivity (Wildman–Crippen MR) is 223 cm³/mol. The van der Waals surface area contributed by atoms with Crippen molar-refractivity contribution in [2.24, 2.45) is 0 Å².